The second-order valence-corrected chi connectivity index (χ2v) is 12.5. The molecule has 0 spiro atoms. The van der Waals surface area contributed by atoms with Crippen molar-refractivity contribution in [2.24, 2.45) is 28.2 Å². The van der Waals surface area contributed by atoms with Crippen LogP contribution in [0, 0.1) is 22.2 Å². The van der Waals surface area contributed by atoms with Gasteiger partial charge in [0.25, 0.3) is 0 Å². The number of nitrogens with one attached hydrogen (secondary N) is 3. The van der Waals surface area contributed by atoms with Crippen molar-refractivity contribution in [2.45, 2.75) is 70.9 Å². The predicted molar refractivity (Wildman–Crippen MR) is 140 cm³/mol. The average molecular weight is 573 g/mol. The van der Waals surface area contributed by atoms with E-state index >= 15 is 0 Å². The maximum absolute atomic E-state index is 12.7. The number of fused-ring (bicyclic) bond motifs is 2. The minimum absolute atomic E-state index is 0.110. The van der Waals surface area contributed by atoms with Crippen LogP contribution in [0.15, 0.2) is 0 Å². The lowest BCUT2D eigenvalue weighted by Gasteiger charge is -2.35. The highest BCUT2D eigenvalue weighted by molar-refractivity contribution is 7.87. The van der Waals surface area contributed by atoms with Crippen LogP contribution in [0.25, 0.3) is 0 Å². The molecule has 0 aromatic carbocycles. The minimum Gasteiger partial charge on any atom is -0.370 e. The van der Waals surface area contributed by atoms with Gasteiger partial charge < -0.3 is 36.0 Å². The number of nitrogens with zero attached hydrogens (tertiary/aromatic N) is 1. The molecule has 7 N–H and O–H groups in total. The molecule has 2 amide bonds. The SMILES string of the molecule is CN(CC(=O)N[C@H](C=O)CCCNC(=N)N)C(=O)[C@@H](N)CCC(=O)OS(=O)(=O)CC12CCC(CC1=O)C2(C)C. The highest BCUT2D eigenvalue weighted by atomic mass is 32.2. The number of Topliss-reactive ketones (excluding diaryl/α,β-unsaturated/α-hetero) is 1. The summed E-state index contributed by atoms with van der Waals surface area (Å²) in [5, 5.41) is 12.1. The van der Waals surface area contributed by atoms with Gasteiger partial charge in [0.2, 0.25) is 11.8 Å². The van der Waals surface area contributed by atoms with Gasteiger partial charge in [-0.3, -0.25) is 24.6 Å². The van der Waals surface area contributed by atoms with Crippen molar-refractivity contribution in [3.8, 4) is 0 Å². The van der Waals surface area contributed by atoms with E-state index in [1.54, 1.807) is 0 Å². The molecule has 2 bridgehead atoms. The van der Waals surface area contributed by atoms with E-state index in [1.807, 2.05) is 13.8 Å². The smallest absolute Gasteiger partial charge is 0.322 e. The Balaban J connectivity index is 1.79. The van der Waals surface area contributed by atoms with Crippen molar-refractivity contribution in [2.75, 3.05) is 25.9 Å². The van der Waals surface area contributed by atoms with Gasteiger partial charge in [0.15, 0.2) is 5.96 Å². The summed E-state index contributed by atoms with van der Waals surface area (Å²) in [5.41, 5.74) is 9.45. The van der Waals surface area contributed by atoms with Gasteiger partial charge in [0.05, 0.1) is 29.8 Å². The van der Waals surface area contributed by atoms with Gasteiger partial charge in [-0.25, -0.2) is 0 Å². The van der Waals surface area contributed by atoms with Crippen molar-refractivity contribution < 1.29 is 36.6 Å². The van der Waals surface area contributed by atoms with Crippen molar-refractivity contribution in [1.29, 1.82) is 5.41 Å². The number of guanidine groups is 1. The molecule has 2 aliphatic rings. The minimum atomic E-state index is -4.35. The average Bonchev–Trinajstić information content (AvgIpc) is 3.17. The molecule has 2 unspecified atom stereocenters. The quantitative estimate of drug-likeness (QED) is 0.0512. The van der Waals surface area contributed by atoms with Crippen LogP contribution in [-0.2, 0) is 38.3 Å². The van der Waals surface area contributed by atoms with Gasteiger partial charge in [-0.15, -0.1) is 0 Å². The van der Waals surface area contributed by atoms with Gasteiger partial charge >= 0.3 is 16.1 Å². The lowest BCUT2D eigenvalue weighted by Crippen LogP contribution is -2.48. The summed E-state index contributed by atoms with van der Waals surface area (Å²) in [4.78, 5) is 61.9. The molecule has 39 heavy (non-hydrogen) atoms. The van der Waals surface area contributed by atoms with E-state index in [1.165, 1.54) is 7.05 Å². The third kappa shape index (κ3) is 7.97. The maximum Gasteiger partial charge on any atom is 0.322 e. The fourth-order valence-corrected chi connectivity index (χ4v) is 7.27. The molecule has 2 rings (SSSR count). The van der Waals surface area contributed by atoms with Crippen LogP contribution in [0.3, 0.4) is 0 Å². The Morgan fingerprint density at radius 3 is 2.49 bits per heavy atom. The highest BCUT2D eigenvalue weighted by Crippen LogP contribution is 2.64. The summed E-state index contributed by atoms with van der Waals surface area (Å²) >= 11 is 0. The highest BCUT2D eigenvalue weighted by Gasteiger charge is 2.65. The zero-order valence-electron chi connectivity index (χ0n) is 22.7. The second-order valence-electron chi connectivity index (χ2n) is 11.0. The number of carbonyl (C=O) groups is 5. The normalized spacial score (nSPS) is 23.0. The molecule has 15 heteroatoms. The summed E-state index contributed by atoms with van der Waals surface area (Å²) in [6.07, 6.45) is 2.15. The molecule has 0 aromatic heterocycles. The Labute approximate surface area is 228 Å². The summed E-state index contributed by atoms with van der Waals surface area (Å²) < 4.78 is 30.0. The van der Waals surface area contributed by atoms with Crippen LogP contribution in [0.5, 0.6) is 0 Å². The third-order valence-corrected chi connectivity index (χ3v) is 9.32. The van der Waals surface area contributed by atoms with E-state index in [0.717, 1.165) is 11.3 Å². The fraction of sp³-hybridized carbons (Fsp3) is 0.750. The van der Waals surface area contributed by atoms with Crippen LogP contribution in [0.2, 0.25) is 0 Å². The Hall–Kier alpha value is -3.07. The van der Waals surface area contributed by atoms with E-state index in [4.69, 9.17) is 21.1 Å². The Bertz CT molecular complexity index is 1090. The summed E-state index contributed by atoms with van der Waals surface area (Å²) in [6, 6.07) is -2.00. The lowest BCUT2D eigenvalue weighted by atomic mass is 9.70. The molecule has 2 saturated carbocycles. The molecule has 2 fully saturated rings. The fourth-order valence-electron chi connectivity index (χ4n) is 5.57. The van der Waals surface area contributed by atoms with E-state index in [2.05, 4.69) is 10.6 Å². The number of carbonyl (C=O) groups excluding carboxylic acids is 5. The number of hydrogen-bond donors (Lipinski definition) is 5. The number of aldehydes is 1. The topological polar surface area (TPSA) is 232 Å². The van der Waals surface area contributed by atoms with Crippen LogP contribution in [0.4, 0.5) is 0 Å². The van der Waals surface area contributed by atoms with Crippen LogP contribution in [-0.4, -0.2) is 87.1 Å². The summed E-state index contributed by atoms with van der Waals surface area (Å²) in [5.74, 6) is -3.12. The van der Waals surface area contributed by atoms with Gasteiger partial charge in [0.1, 0.15) is 12.1 Å². The zero-order valence-corrected chi connectivity index (χ0v) is 23.5. The van der Waals surface area contributed by atoms with Gasteiger partial charge in [0, 0.05) is 26.4 Å². The number of amides is 2. The number of rotatable bonds is 15. The maximum atomic E-state index is 12.7. The molecule has 2 aliphatic carbocycles. The monoisotopic (exact) mass is 572 g/mol. The molecule has 4 atom stereocenters. The first-order valence-electron chi connectivity index (χ1n) is 12.9. The van der Waals surface area contributed by atoms with E-state index in [9.17, 15) is 32.4 Å². The lowest BCUT2D eigenvalue weighted by molar-refractivity contribution is -0.137. The molecular formula is C24H40N6O8S. The van der Waals surface area contributed by atoms with Gasteiger partial charge in [-0.1, -0.05) is 13.8 Å². The third-order valence-electron chi connectivity index (χ3n) is 8.03. The molecule has 0 heterocycles. The van der Waals surface area contributed by atoms with E-state index in [-0.39, 0.29) is 24.1 Å². The van der Waals surface area contributed by atoms with Gasteiger partial charge in [-0.05, 0) is 43.4 Å². The number of hydrogen-bond acceptors (Lipinski definition) is 10. The Morgan fingerprint density at radius 2 is 1.95 bits per heavy atom. The number of nitrogens with two attached hydrogens (primary N) is 2. The standard InChI is InChI=1S/C24H40N6O8S/c1-23(2)15-8-9-24(23,18(32)11-15)14-39(36,37)38-20(34)7-6-17(25)21(35)30(3)12-19(33)29-16(13-31)5-4-10-28-22(26)27/h13,15-17H,4-12,14,25H2,1-3H3,(H,29,33)(H4,26,27,28)/t15?,16-,17-,24?/m0/s1. The molecule has 220 valence electrons. The van der Waals surface area contributed by atoms with Crippen molar-refractivity contribution in [1.82, 2.24) is 15.5 Å². The number of likely N-dealkylation sites (N-methyl/N-ethyl adjacent to an activating group) is 1. The van der Waals surface area contributed by atoms with Crippen LogP contribution in [0.1, 0.15) is 58.8 Å². The van der Waals surface area contributed by atoms with Crippen molar-refractivity contribution in [3.05, 3.63) is 0 Å². The first kappa shape index (κ1) is 32.1. The number of ketones is 1. The van der Waals surface area contributed by atoms with E-state index < -0.39 is 69.5 Å². The summed E-state index contributed by atoms with van der Waals surface area (Å²) in [6.45, 7) is 3.71. The molecule has 0 aromatic rings. The second kappa shape index (κ2) is 12.9. The molecular weight excluding hydrogens is 532 g/mol. The van der Waals surface area contributed by atoms with Gasteiger partial charge in [-0.2, -0.15) is 8.42 Å². The molecule has 0 aliphatic heterocycles. The first-order valence-corrected chi connectivity index (χ1v) is 14.4. The largest absolute Gasteiger partial charge is 0.370 e. The van der Waals surface area contributed by atoms with E-state index in [0.29, 0.717) is 38.5 Å². The van der Waals surface area contributed by atoms with Crippen LogP contribution >= 0.6 is 0 Å². The summed E-state index contributed by atoms with van der Waals surface area (Å²) in [7, 11) is -3.02. The Morgan fingerprint density at radius 1 is 1.28 bits per heavy atom. The van der Waals surface area contributed by atoms with Crippen LogP contribution < -0.4 is 22.1 Å². The molecule has 14 nitrogen and oxygen atoms in total. The predicted octanol–water partition coefficient (Wildman–Crippen LogP) is -1.23. The zero-order chi connectivity index (χ0) is 29.6. The van der Waals surface area contributed by atoms with Crippen molar-refractivity contribution in [3.63, 3.8) is 0 Å². The molecule has 0 saturated heterocycles. The Kier molecular flexibility index (Phi) is 10.6. The first-order chi connectivity index (χ1) is 18.0. The van der Waals surface area contributed by atoms with Crippen molar-refractivity contribution >= 4 is 45.9 Å². The molecule has 0 radical (unpaired) electrons.